The largest absolute Gasteiger partial charge is 0.490 e. The lowest BCUT2D eigenvalue weighted by molar-refractivity contribution is -0.0115. The molecule has 1 aliphatic heterocycles. The number of urea groups is 1. The highest BCUT2D eigenvalue weighted by Crippen LogP contribution is 2.29. The summed E-state index contributed by atoms with van der Waals surface area (Å²) in [6.07, 6.45) is 1.47. The van der Waals surface area contributed by atoms with Gasteiger partial charge in [-0.25, -0.2) is 17.6 Å². The Morgan fingerprint density at radius 3 is 2.41 bits per heavy atom. The zero-order valence-corrected chi connectivity index (χ0v) is 29.5. The summed E-state index contributed by atoms with van der Waals surface area (Å²) in [5, 5.41) is 13.0. The predicted molar refractivity (Wildman–Crippen MR) is 187 cm³/mol. The van der Waals surface area contributed by atoms with Crippen LogP contribution >= 0.6 is 0 Å². The molecule has 4 atom stereocenters. The van der Waals surface area contributed by atoms with Crippen molar-refractivity contribution in [3.05, 3.63) is 83.7 Å². The van der Waals surface area contributed by atoms with Crippen molar-refractivity contribution in [1.82, 2.24) is 9.80 Å². The molecule has 3 N–H and O–H groups in total. The summed E-state index contributed by atoms with van der Waals surface area (Å²) in [6, 6.07) is 15.5. The number of nitrogens with zero attached hydrogens (tertiary/aromatic N) is 2. The van der Waals surface area contributed by atoms with E-state index in [0.717, 1.165) is 18.4 Å². The van der Waals surface area contributed by atoms with Crippen molar-refractivity contribution in [1.29, 1.82) is 0 Å². The number of halogens is 1. The minimum absolute atomic E-state index is 0.0843. The van der Waals surface area contributed by atoms with Gasteiger partial charge in [0.05, 0.1) is 35.3 Å². The number of hydrogen-bond donors (Lipinski definition) is 3. The molecule has 4 rings (SSSR count). The van der Waals surface area contributed by atoms with Crippen molar-refractivity contribution in [2.75, 3.05) is 43.4 Å². The van der Waals surface area contributed by atoms with E-state index in [9.17, 15) is 27.5 Å². The Balaban J connectivity index is 1.62. The normalized spacial score (nSPS) is 19.9. The van der Waals surface area contributed by atoms with E-state index in [0.29, 0.717) is 24.5 Å². The van der Waals surface area contributed by atoms with Gasteiger partial charge in [-0.1, -0.05) is 24.6 Å². The summed E-state index contributed by atoms with van der Waals surface area (Å²) in [4.78, 5) is 30.5. The average molecular weight is 699 g/mol. The SMILES string of the molecule is Cc1ccc(S(=O)(=O)Nc2ccc3c(c2)C(=O)N([C@H](C)CO)C[C@H](C)[C@@H](CN(C)C(=O)Nc2ccc(F)cc2)OCCCC[C@H](C)O3)cc1. The van der Waals surface area contributed by atoms with Gasteiger partial charge in [-0.15, -0.1) is 0 Å². The summed E-state index contributed by atoms with van der Waals surface area (Å²) < 4.78 is 54.9. The number of fused-ring (bicyclic) bond motifs is 1. The van der Waals surface area contributed by atoms with Gasteiger partial charge < -0.3 is 29.7 Å². The Bertz CT molecular complexity index is 1670. The summed E-state index contributed by atoms with van der Waals surface area (Å²) >= 11 is 0. The van der Waals surface area contributed by atoms with Crippen LogP contribution in [0.3, 0.4) is 0 Å². The van der Waals surface area contributed by atoms with E-state index >= 15 is 0 Å². The first-order valence-electron chi connectivity index (χ1n) is 16.5. The van der Waals surface area contributed by atoms with Crippen LogP contribution < -0.4 is 14.8 Å². The first-order chi connectivity index (χ1) is 23.3. The second kappa shape index (κ2) is 17.0. The van der Waals surface area contributed by atoms with Gasteiger partial charge in [-0.05, 0) is 94.6 Å². The zero-order valence-electron chi connectivity index (χ0n) is 28.7. The molecule has 0 bridgehead atoms. The van der Waals surface area contributed by atoms with Gasteiger partial charge in [0.25, 0.3) is 15.9 Å². The molecule has 0 saturated carbocycles. The number of anilines is 2. The lowest BCUT2D eigenvalue weighted by Crippen LogP contribution is -2.48. The first kappa shape index (κ1) is 37.6. The molecule has 3 aromatic rings. The molecule has 266 valence electrons. The number of carbonyl (C=O) groups excluding carboxylic acids is 2. The number of rotatable bonds is 8. The van der Waals surface area contributed by atoms with Crippen molar-refractivity contribution in [3.8, 4) is 5.75 Å². The van der Waals surface area contributed by atoms with Gasteiger partial charge in [-0.2, -0.15) is 0 Å². The maximum absolute atomic E-state index is 14.4. The van der Waals surface area contributed by atoms with E-state index in [4.69, 9.17) is 9.47 Å². The molecule has 0 spiro atoms. The fraction of sp³-hybridized carbons (Fsp3) is 0.444. The standard InChI is InChI=1S/C36H47FN4O7S/c1-24-9-16-31(17-10-24)49(45,46)39-30-15-18-33-32(20-30)35(43)41(26(3)23-42)21-25(2)34(47-19-7-6-8-27(4)48-33)22-40(5)36(44)38-29-13-11-28(37)12-14-29/h9-18,20,25-27,34,39,42H,6-8,19,21-23H2,1-5H3,(H,38,44)/t25-,26+,27-,34+/m0/s1. The van der Waals surface area contributed by atoms with E-state index in [-0.39, 0.29) is 47.9 Å². The highest BCUT2D eigenvalue weighted by Gasteiger charge is 2.31. The molecule has 3 aromatic carbocycles. The Labute approximate surface area is 288 Å². The van der Waals surface area contributed by atoms with Crippen LogP contribution in [0.5, 0.6) is 5.75 Å². The lowest BCUT2D eigenvalue weighted by atomic mass is 10.0. The quantitative estimate of drug-likeness (QED) is 0.267. The highest BCUT2D eigenvalue weighted by atomic mass is 32.2. The second-order valence-electron chi connectivity index (χ2n) is 12.7. The number of likely N-dealkylation sites (N-methyl/N-ethyl adjacent to an activating group) is 1. The fourth-order valence-electron chi connectivity index (χ4n) is 5.49. The molecule has 1 aliphatic rings. The molecule has 11 nitrogen and oxygen atoms in total. The van der Waals surface area contributed by atoms with Gasteiger partial charge in [0.2, 0.25) is 0 Å². The predicted octanol–water partition coefficient (Wildman–Crippen LogP) is 5.89. The number of amides is 3. The summed E-state index contributed by atoms with van der Waals surface area (Å²) in [5.74, 6) is -0.854. The van der Waals surface area contributed by atoms with Gasteiger partial charge in [0.1, 0.15) is 11.6 Å². The summed E-state index contributed by atoms with van der Waals surface area (Å²) in [5.41, 5.74) is 1.70. The third kappa shape index (κ3) is 10.4. The monoisotopic (exact) mass is 698 g/mol. The van der Waals surface area contributed by atoms with Crippen molar-refractivity contribution >= 4 is 33.3 Å². The average Bonchev–Trinajstić information content (AvgIpc) is 3.07. The number of sulfonamides is 1. The first-order valence-corrected chi connectivity index (χ1v) is 18.0. The van der Waals surface area contributed by atoms with Crippen LogP contribution in [0.15, 0.2) is 71.6 Å². The van der Waals surface area contributed by atoms with Crippen molar-refractivity contribution in [2.45, 2.75) is 70.1 Å². The van der Waals surface area contributed by atoms with Crippen molar-refractivity contribution in [3.63, 3.8) is 0 Å². The van der Waals surface area contributed by atoms with Crippen molar-refractivity contribution in [2.24, 2.45) is 5.92 Å². The molecule has 0 radical (unpaired) electrons. The van der Waals surface area contributed by atoms with E-state index in [1.807, 2.05) is 20.8 Å². The molecule has 0 saturated heterocycles. The lowest BCUT2D eigenvalue weighted by Gasteiger charge is -2.35. The molecule has 1 heterocycles. The van der Waals surface area contributed by atoms with E-state index in [1.165, 1.54) is 52.3 Å². The number of ether oxygens (including phenoxy) is 2. The van der Waals surface area contributed by atoms with Gasteiger partial charge in [0.15, 0.2) is 0 Å². The molecule has 13 heteroatoms. The number of nitrogens with one attached hydrogen (secondary N) is 2. The second-order valence-corrected chi connectivity index (χ2v) is 14.4. The Morgan fingerprint density at radius 1 is 1.06 bits per heavy atom. The van der Waals surface area contributed by atoms with Crippen LogP contribution in [0, 0.1) is 18.7 Å². The van der Waals surface area contributed by atoms with Gasteiger partial charge >= 0.3 is 6.03 Å². The molecule has 0 aromatic heterocycles. The third-order valence-electron chi connectivity index (χ3n) is 8.53. The third-order valence-corrected chi connectivity index (χ3v) is 9.93. The summed E-state index contributed by atoms with van der Waals surface area (Å²) in [6.45, 7) is 7.87. The van der Waals surface area contributed by atoms with Crippen LogP contribution in [-0.4, -0.2) is 86.9 Å². The van der Waals surface area contributed by atoms with Crippen LogP contribution in [0.25, 0.3) is 0 Å². The smallest absolute Gasteiger partial charge is 0.321 e. The Kier molecular flexibility index (Phi) is 13.0. The Morgan fingerprint density at radius 2 is 1.73 bits per heavy atom. The van der Waals surface area contributed by atoms with E-state index in [1.54, 1.807) is 38.2 Å². The van der Waals surface area contributed by atoms with Crippen LogP contribution in [-0.2, 0) is 14.8 Å². The van der Waals surface area contributed by atoms with Crippen molar-refractivity contribution < 1.29 is 37.0 Å². The summed E-state index contributed by atoms with van der Waals surface area (Å²) in [7, 11) is -2.32. The van der Waals surface area contributed by atoms with Gasteiger partial charge in [-0.3, -0.25) is 9.52 Å². The molecule has 0 aliphatic carbocycles. The molecule has 0 unspecified atom stereocenters. The number of carbonyl (C=O) groups is 2. The maximum Gasteiger partial charge on any atom is 0.321 e. The zero-order chi connectivity index (χ0) is 35.7. The van der Waals surface area contributed by atoms with Crippen LogP contribution in [0.1, 0.15) is 56.0 Å². The van der Waals surface area contributed by atoms with E-state index < -0.39 is 39.9 Å². The molecule has 49 heavy (non-hydrogen) atoms. The number of hydrogen-bond acceptors (Lipinski definition) is 7. The Hall–Kier alpha value is -4.20. The molecular formula is C36H47FN4O7S. The maximum atomic E-state index is 14.4. The fourth-order valence-corrected chi connectivity index (χ4v) is 6.53. The molecular weight excluding hydrogens is 651 g/mol. The number of aliphatic hydroxyl groups is 1. The van der Waals surface area contributed by atoms with E-state index in [2.05, 4.69) is 10.0 Å². The highest BCUT2D eigenvalue weighted by molar-refractivity contribution is 7.92. The van der Waals surface area contributed by atoms with Crippen LogP contribution in [0.2, 0.25) is 0 Å². The number of aliphatic hydroxyl groups excluding tert-OH is 1. The van der Waals surface area contributed by atoms with Gasteiger partial charge in [0, 0.05) is 44.0 Å². The topological polar surface area (TPSA) is 138 Å². The molecule has 0 fully saturated rings. The minimum Gasteiger partial charge on any atom is -0.490 e. The number of aryl methyl sites for hydroxylation is 1. The molecule has 3 amide bonds. The minimum atomic E-state index is -3.95. The van der Waals surface area contributed by atoms with Crippen LogP contribution in [0.4, 0.5) is 20.6 Å². The number of benzene rings is 3.